The van der Waals surface area contributed by atoms with E-state index in [1.54, 1.807) is 0 Å². The predicted molar refractivity (Wildman–Crippen MR) is 85.9 cm³/mol. The van der Waals surface area contributed by atoms with Crippen molar-refractivity contribution in [3.8, 4) is 0 Å². The summed E-state index contributed by atoms with van der Waals surface area (Å²) >= 11 is 2.03. The van der Waals surface area contributed by atoms with E-state index in [-0.39, 0.29) is 0 Å². The minimum Gasteiger partial charge on any atom is -0.313 e. The number of nitrogens with zero attached hydrogens (tertiary/aromatic N) is 2. The fourth-order valence-electron chi connectivity index (χ4n) is 2.00. The van der Waals surface area contributed by atoms with Gasteiger partial charge in [-0.3, -0.25) is 4.68 Å². The second kappa shape index (κ2) is 7.34. The normalized spacial score (nSPS) is 13.8. The second-order valence-electron chi connectivity index (χ2n) is 6.18. The van der Waals surface area contributed by atoms with E-state index < -0.39 is 0 Å². The Morgan fingerprint density at radius 3 is 2.58 bits per heavy atom. The van der Waals surface area contributed by atoms with E-state index in [0.29, 0.717) is 10.8 Å². The van der Waals surface area contributed by atoms with Crippen LogP contribution < -0.4 is 5.32 Å². The molecule has 1 rings (SSSR count). The molecule has 0 bridgehead atoms. The van der Waals surface area contributed by atoms with Crippen LogP contribution in [0.2, 0.25) is 0 Å². The van der Waals surface area contributed by atoms with Gasteiger partial charge in [0.2, 0.25) is 0 Å². The molecule has 0 spiro atoms. The molecule has 0 aliphatic rings. The molecule has 0 radical (unpaired) electrons. The molecule has 110 valence electrons. The van der Waals surface area contributed by atoms with Crippen LogP contribution in [0.4, 0.5) is 0 Å². The molecule has 1 aromatic rings. The van der Waals surface area contributed by atoms with Crippen LogP contribution in [0.15, 0.2) is 6.07 Å². The summed E-state index contributed by atoms with van der Waals surface area (Å²) in [5.41, 5.74) is 2.43. The number of nitrogens with one attached hydrogen (secondary N) is 1. The Balaban J connectivity index is 2.60. The number of hydrogen-bond donors (Lipinski definition) is 1. The van der Waals surface area contributed by atoms with Crippen molar-refractivity contribution in [2.24, 2.45) is 7.05 Å². The Morgan fingerprint density at radius 2 is 2.11 bits per heavy atom. The lowest BCUT2D eigenvalue weighted by atomic mass is 10.1. The van der Waals surface area contributed by atoms with Gasteiger partial charge in [0.25, 0.3) is 0 Å². The SMILES string of the molecule is CCCNC(CSC(C)(C)C)Cc1cc(C)nn1C. The van der Waals surface area contributed by atoms with Crippen molar-refractivity contribution in [1.29, 1.82) is 0 Å². The molecule has 1 heterocycles. The van der Waals surface area contributed by atoms with Crippen molar-refractivity contribution in [3.05, 3.63) is 17.5 Å². The Kier molecular flexibility index (Phi) is 6.40. The van der Waals surface area contributed by atoms with Gasteiger partial charge in [-0.1, -0.05) is 27.7 Å². The van der Waals surface area contributed by atoms with E-state index in [1.807, 2.05) is 23.5 Å². The molecule has 0 amide bonds. The molecule has 0 aliphatic carbocycles. The van der Waals surface area contributed by atoms with E-state index in [2.05, 4.69) is 51.1 Å². The summed E-state index contributed by atoms with van der Waals surface area (Å²) in [5, 5.41) is 8.10. The van der Waals surface area contributed by atoms with E-state index >= 15 is 0 Å². The summed E-state index contributed by atoms with van der Waals surface area (Å²) in [6.45, 7) is 12.2. The maximum atomic E-state index is 4.44. The van der Waals surface area contributed by atoms with Gasteiger partial charge in [-0.2, -0.15) is 16.9 Å². The molecule has 0 aromatic carbocycles. The van der Waals surface area contributed by atoms with Gasteiger partial charge in [0.1, 0.15) is 0 Å². The van der Waals surface area contributed by atoms with E-state index in [4.69, 9.17) is 0 Å². The van der Waals surface area contributed by atoms with Gasteiger partial charge in [-0.15, -0.1) is 0 Å². The minimum atomic E-state index is 0.328. The van der Waals surface area contributed by atoms with Gasteiger partial charge >= 0.3 is 0 Å². The van der Waals surface area contributed by atoms with Gasteiger partial charge in [-0.25, -0.2) is 0 Å². The lowest BCUT2D eigenvalue weighted by Gasteiger charge is -2.24. The zero-order valence-electron chi connectivity index (χ0n) is 13.3. The van der Waals surface area contributed by atoms with Crippen LogP contribution in [-0.4, -0.2) is 32.9 Å². The smallest absolute Gasteiger partial charge is 0.0596 e. The molecule has 0 saturated heterocycles. The lowest BCUT2D eigenvalue weighted by Crippen LogP contribution is -2.35. The summed E-state index contributed by atoms with van der Waals surface area (Å²) in [6, 6.07) is 2.72. The Morgan fingerprint density at radius 1 is 1.42 bits per heavy atom. The van der Waals surface area contributed by atoms with Gasteiger partial charge < -0.3 is 5.32 Å². The second-order valence-corrected chi connectivity index (χ2v) is 8.03. The van der Waals surface area contributed by atoms with Crippen molar-refractivity contribution in [3.63, 3.8) is 0 Å². The molecule has 0 fully saturated rings. The fraction of sp³-hybridized carbons (Fsp3) is 0.800. The summed E-state index contributed by atoms with van der Waals surface area (Å²) < 4.78 is 2.34. The van der Waals surface area contributed by atoms with Crippen molar-refractivity contribution in [1.82, 2.24) is 15.1 Å². The van der Waals surface area contributed by atoms with Crippen LogP contribution in [0.5, 0.6) is 0 Å². The molecule has 19 heavy (non-hydrogen) atoms. The zero-order valence-corrected chi connectivity index (χ0v) is 14.1. The first-order valence-electron chi connectivity index (χ1n) is 7.18. The predicted octanol–water partition coefficient (Wildman–Crippen LogP) is 3.17. The lowest BCUT2D eigenvalue weighted by molar-refractivity contribution is 0.530. The van der Waals surface area contributed by atoms with E-state index in [1.165, 1.54) is 12.1 Å². The Hall–Kier alpha value is -0.480. The number of aromatic nitrogens is 2. The zero-order chi connectivity index (χ0) is 14.5. The topological polar surface area (TPSA) is 29.9 Å². The van der Waals surface area contributed by atoms with Crippen LogP contribution in [0, 0.1) is 6.92 Å². The molecular weight excluding hydrogens is 254 g/mol. The van der Waals surface area contributed by atoms with Crippen molar-refractivity contribution >= 4 is 11.8 Å². The molecule has 1 atom stereocenters. The van der Waals surface area contributed by atoms with Gasteiger partial charge in [0.15, 0.2) is 0 Å². The highest BCUT2D eigenvalue weighted by Gasteiger charge is 2.17. The minimum absolute atomic E-state index is 0.328. The first-order chi connectivity index (χ1) is 8.81. The molecular formula is C15H29N3S. The first kappa shape index (κ1) is 16.6. The number of hydrogen-bond acceptors (Lipinski definition) is 3. The average Bonchev–Trinajstić information content (AvgIpc) is 2.60. The first-order valence-corrected chi connectivity index (χ1v) is 8.17. The highest BCUT2D eigenvalue weighted by atomic mass is 32.2. The highest BCUT2D eigenvalue weighted by molar-refractivity contribution is 8.00. The number of rotatable bonds is 7. The molecule has 0 saturated carbocycles. The van der Waals surface area contributed by atoms with Crippen molar-refractivity contribution in [2.45, 2.75) is 58.2 Å². The average molecular weight is 283 g/mol. The summed E-state index contributed by atoms with van der Waals surface area (Å²) in [5.74, 6) is 1.15. The number of thioether (sulfide) groups is 1. The molecule has 0 aliphatic heterocycles. The Labute approximate surface area is 122 Å². The van der Waals surface area contributed by atoms with Crippen molar-refractivity contribution in [2.75, 3.05) is 12.3 Å². The fourth-order valence-corrected chi connectivity index (χ4v) is 2.93. The van der Waals surface area contributed by atoms with Crippen LogP contribution in [0.25, 0.3) is 0 Å². The van der Waals surface area contributed by atoms with Gasteiger partial charge in [0, 0.05) is 35.7 Å². The molecule has 3 nitrogen and oxygen atoms in total. The summed E-state index contributed by atoms with van der Waals surface area (Å²) in [4.78, 5) is 0. The van der Waals surface area contributed by atoms with E-state index in [0.717, 1.165) is 24.4 Å². The quantitative estimate of drug-likeness (QED) is 0.833. The third-order valence-corrected chi connectivity index (χ3v) is 4.39. The summed E-state index contributed by atoms with van der Waals surface area (Å²) in [7, 11) is 2.04. The molecule has 1 aromatic heterocycles. The third kappa shape index (κ3) is 6.48. The van der Waals surface area contributed by atoms with E-state index in [9.17, 15) is 0 Å². The summed E-state index contributed by atoms with van der Waals surface area (Å²) in [6.07, 6.45) is 2.24. The maximum absolute atomic E-state index is 4.44. The van der Waals surface area contributed by atoms with Crippen LogP contribution in [-0.2, 0) is 13.5 Å². The largest absolute Gasteiger partial charge is 0.313 e. The molecule has 1 unspecified atom stereocenters. The highest BCUT2D eigenvalue weighted by Crippen LogP contribution is 2.24. The maximum Gasteiger partial charge on any atom is 0.0596 e. The third-order valence-electron chi connectivity index (χ3n) is 2.95. The molecule has 1 N–H and O–H groups in total. The monoisotopic (exact) mass is 283 g/mol. The standard InChI is InChI=1S/C15H29N3S/c1-7-8-16-13(11-19-15(3,4)5)10-14-9-12(2)17-18(14)6/h9,13,16H,7-8,10-11H2,1-6H3. The van der Waals surface area contributed by atoms with Gasteiger partial charge in [-0.05, 0) is 26.0 Å². The van der Waals surface area contributed by atoms with Crippen LogP contribution >= 0.6 is 11.8 Å². The van der Waals surface area contributed by atoms with Crippen LogP contribution in [0.1, 0.15) is 45.5 Å². The van der Waals surface area contributed by atoms with Crippen molar-refractivity contribution < 1.29 is 0 Å². The molecule has 4 heteroatoms. The van der Waals surface area contributed by atoms with Gasteiger partial charge in [0.05, 0.1) is 5.69 Å². The van der Waals surface area contributed by atoms with Crippen LogP contribution in [0.3, 0.4) is 0 Å². The number of aryl methyl sites for hydroxylation is 2. The Bertz CT molecular complexity index is 379.